The quantitative estimate of drug-likeness (QED) is 0.784. The molecule has 3 rings (SSSR count). The number of benzene rings is 2. The lowest BCUT2D eigenvalue weighted by Gasteiger charge is -2.31. The van der Waals surface area contributed by atoms with E-state index in [0.29, 0.717) is 31.7 Å². The van der Waals surface area contributed by atoms with E-state index in [0.717, 1.165) is 11.1 Å². The van der Waals surface area contributed by atoms with Crippen molar-refractivity contribution in [1.82, 2.24) is 9.62 Å². The number of amides is 1. The molecule has 1 atom stereocenters. The Bertz CT molecular complexity index is 952. The molecular formula is C22H28N2O4S. The molecule has 0 unspecified atom stereocenters. The molecule has 1 saturated heterocycles. The number of carbonyl (C=O) groups is 1. The summed E-state index contributed by atoms with van der Waals surface area (Å²) < 4.78 is 32.9. The fourth-order valence-corrected chi connectivity index (χ4v) is 5.35. The molecule has 156 valence electrons. The van der Waals surface area contributed by atoms with E-state index in [1.54, 1.807) is 12.1 Å². The molecule has 1 heterocycles. The van der Waals surface area contributed by atoms with Gasteiger partial charge in [0.15, 0.2) is 0 Å². The Morgan fingerprint density at radius 1 is 1.14 bits per heavy atom. The van der Waals surface area contributed by atoms with Crippen LogP contribution < -0.4 is 10.1 Å². The van der Waals surface area contributed by atoms with Crippen LogP contribution in [-0.4, -0.2) is 38.8 Å². The van der Waals surface area contributed by atoms with Gasteiger partial charge in [-0.2, -0.15) is 4.31 Å². The number of nitrogens with one attached hydrogen (secondary N) is 1. The van der Waals surface area contributed by atoms with Gasteiger partial charge in [0, 0.05) is 19.0 Å². The van der Waals surface area contributed by atoms with Crippen molar-refractivity contribution in [2.24, 2.45) is 5.92 Å². The van der Waals surface area contributed by atoms with Crippen molar-refractivity contribution in [3.8, 4) is 5.75 Å². The van der Waals surface area contributed by atoms with E-state index in [1.165, 1.54) is 11.4 Å². The Kier molecular flexibility index (Phi) is 6.59. The maximum atomic E-state index is 13.1. The molecule has 1 N–H and O–H groups in total. The van der Waals surface area contributed by atoms with Crippen molar-refractivity contribution in [1.29, 1.82) is 0 Å². The molecule has 0 aromatic heterocycles. The predicted octanol–water partition coefficient (Wildman–Crippen LogP) is 3.28. The molecule has 0 saturated carbocycles. The lowest BCUT2D eigenvalue weighted by atomic mass is 9.96. The largest absolute Gasteiger partial charge is 0.495 e. The molecule has 0 spiro atoms. The van der Waals surface area contributed by atoms with Gasteiger partial charge in [-0.05, 0) is 49.9 Å². The van der Waals surface area contributed by atoms with E-state index in [4.69, 9.17) is 4.74 Å². The number of aryl methyl sites for hydroxylation is 1. The molecule has 1 aliphatic rings. The third kappa shape index (κ3) is 4.79. The first-order valence-electron chi connectivity index (χ1n) is 9.83. The highest BCUT2D eigenvalue weighted by Gasteiger charge is 2.34. The van der Waals surface area contributed by atoms with Gasteiger partial charge in [-0.15, -0.1) is 0 Å². The van der Waals surface area contributed by atoms with E-state index >= 15 is 0 Å². The lowest BCUT2D eigenvalue weighted by Crippen LogP contribution is -2.43. The molecular weight excluding hydrogens is 388 g/mol. The average molecular weight is 417 g/mol. The normalized spacial score (nSPS) is 16.9. The number of rotatable bonds is 6. The van der Waals surface area contributed by atoms with Crippen molar-refractivity contribution >= 4 is 15.9 Å². The highest BCUT2D eigenvalue weighted by Crippen LogP contribution is 2.30. The van der Waals surface area contributed by atoms with Gasteiger partial charge in [-0.1, -0.05) is 36.4 Å². The maximum absolute atomic E-state index is 13.1. The zero-order valence-electron chi connectivity index (χ0n) is 17.1. The SMILES string of the molecule is COc1ccc(C)cc1S(=O)(=O)N1CCC(C(=O)N[C@H](C)c2ccccc2)CC1. The molecule has 1 aliphatic heterocycles. The summed E-state index contributed by atoms with van der Waals surface area (Å²) in [6, 6.07) is 14.8. The third-order valence-corrected chi connectivity index (χ3v) is 7.34. The second-order valence-corrected chi connectivity index (χ2v) is 9.38. The first-order valence-corrected chi connectivity index (χ1v) is 11.3. The van der Waals surface area contributed by atoms with Crippen molar-refractivity contribution in [2.45, 2.75) is 37.6 Å². The van der Waals surface area contributed by atoms with Gasteiger partial charge in [0.05, 0.1) is 13.2 Å². The van der Waals surface area contributed by atoms with E-state index in [-0.39, 0.29) is 22.8 Å². The van der Waals surface area contributed by atoms with Crippen molar-refractivity contribution < 1.29 is 17.9 Å². The molecule has 0 radical (unpaired) electrons. The van der Waals surface area contributed by atoms with Gasteiger partial charge in [0.2, 0.25) is 15.9 Å². The standard InChI is InChI=1S/C22H28N2O4S/c1-16-9-10-20(28-3)21(15-16)29(26,27)24-13-11-19(12-14-24)22(25)23-17(2)18-7-5-4-6-8-18/h4-10,15,17,19H,11-14H2,1-3H3,(H,23,25)/t17-/m1/s1. The minimum atomic E-state index is -3.67. The average Bonchev–Trinajstić information content (AvgIpc) is 2.74. The van der Waals surface area contributed by atoms with Crippen LogP contribution >= 0.6 is 0 Å². The molecule has 7 heteroatoms. The first kappa shape index (κ1) is 21.3. The smallest absolute Gasteiger partial charge is 0.246 e. The second-order valence-electron chi connectivity index (χ2n) is 7.47. The van der Waals surface area contributed by atoms with Gasteiger partial charge in [-0.3, -0.25) is 4.79 Å². The minimum absolute atomic E-state index is 0.0217. The number of nitrogens with zero attached hydrogens (tertiary/aromatic N) is 1. The Morgan fingerprint density at radius 2 is 1.79 bits per heavy atom. The van der Waals surface area contributed by atoms with Gasteiger partial charge in [0.25, 0.3) is 0 Å². The van der Waals surface area contributed by atoms with Crippen LogP contribution in [0, 0.1) is 12.8 Å². The van der Waals surface area contributed by atoms with Gasteiger partial charge >= 0.3 is 0 Å². The maximum Gasteiger partial charge on any atom is 0.246 e. The minimum Gasteiger partial charge on any atom is -0.495 e. The van der Waals surface area contributed by atoms with Crippen molar-refractivity contribution in [3.63, 3.8) is 0 Å². The third-order valence-electron chi connectivity index (χ3n) is 5.42. The molecule has 6 nitrogen and oxygen atoms in total. The number of sulfonamides is 1. The van der Waals surface area contributed by atoms with Gasteiger partial charge < -0.3 is 10.1 Å². The van der Waals surface area contributed by atoms with Crippen LogP contribution in [0.3, 0.4) is 0 Å². The van der Waals surface area contributed by atoms with Gasteiger partial charge in [-0.25, -0.2) is 8.42 Å². The van der Waals surface area contributed by atoms with E-state index in [2.05, 4.69) is 5.32 Å². The number of hydrogen-bond acceptors (Lipinski definition) is 4. The van der Waals surface area contributed by atoms with Crippen LogP contribution in [0.15, 0.2) is 53.4 Å². The molecule has 1 amide bonds. The molecule has 2 aromatic rings. The number of carbonyl (C=O) groups excluding carboxylic acids is 1. The first-order chi connectivity index (χ1) is 13.8. The number of ether oxygens (including phenoxy) is 1. The Hall–Kier alpha value is -2.38. The Morgan fingerprint density at radius 3 is 2.41 bits per heavy atom. The molecule has 0 aliphatic carbocycles. The van der Waals surface area contributed by atoms with Gasteiger partial charge in [0.1, 0.15) is 10.6 Å². The summed E-state index contributed by atoms with van der Waals surface area (Å²) in [5.41, 5.74) is 1.90. The summed E-state index contributed by atoms with van der Waals surface area (Å²) in [5, 5.41) is 3.05. The summed E-state index contributed by atoms with van der Waals surface area (Å²) in [7, 11) is -2.20. The number of methoxy groups -OCH3 is 1. The highest BCUT2D eigenvalue weighted by atomic mass is 32.2. The fourth-order valence-electron chi connectivity index (χ4n) is 3.64. The lowest BCUT2D eigenvalue weighted by molar-refractivity contribution is -0.126. The highest BCUT2D eigenvalue weighted by molar-refractivity contribution is 7.89. The van der Waals surface area contributed by atoms with E-state index in [9.17, 15) is 13.2 Å². The van der Waals surface area contributed by atoms with E-state index < -0.39 is 10.0 Å². The summed E-state index contributed by atoms with van der Waals surface area (Å²) in [4.78, 5) is 12.8. The zero-order chi connectivity index (χ0) is 21.0. The molecule has 2 aromatic carbocycles. The number of hydrogen-bond donors (Lipinski definition) is 1. The molecule has 1 fully saturated rings. The number of piperidine rings is 1. The summed E-state index contributed by atoms with van der Waals surface area (Å²) in [6.07, 6.45) is 1.00. The van der Waals surface area contributed by atoms with E-state index in [1.807, 2.05) is 50.2 Å². The van der Waals surface area contributed by atoms with Crippen molar-refractivity contribution in [3.05, 3.63) is 59.7 Å². The van der Waals surface area contributed by atoms with Crippen LogP contribution in [0.5, 0.6) is 5.75 Å². The predicted molar refractivity (Wildman–Crippen MR) is 112 cm³/mol. The Balaban J connectivity index is 1.64. The van der Waals surface area contributed by atoms with Crippen LogP contribution in [0.4, 0.5) is 0 Å². The monoisotopic (exact) mass is 416 g/mol. The van der Waals surface area contributed by atoms with Crippen LogP contribution in [-0.2, 0) is 14.8 Å². The topological polar surface area (TPSA) is 75.7 Å². The summed E-state index contributed by atoms with van der Waals surface area (Å²) in [6.45, 7) is 4.44. The Labute approximate surface area is 172 Å². The second kappa shape index (κ2) is 8.97. The van der Waals surface area contributed by atoms with Crippen molar-refractivity contribution in [2.75, 3.05) is 20.2 Å². The fraction of sp³-hybridized carbons (Fsp3) is 0.409. The summed E-state index contributed by atoms with van der Waals surface area (Å²) in [5.74, 6) is 0.130. The van der Waals surface area contributed by atoms with Crippen LogP contribution in [0.25, 0.3) is 0 Å². The zero-order valence-corrected chi connectivity index (χ0v) is 17.9. The summed E-state index contributed by atoms with van der Waals surface area (Å²) >= 11 is 0. The molecule has 0 bridgehead atoms. The molecule has 29 heavy (non-hydrogen) atoms. The van der Waals surface area contributed by atoms with Crippen LogP contribution in [0.1, 0.15) is 36.9 Å². The van der Waals surface area contributed by atoms with Crippen LogP contribution in [0.2, 0.25) is 0 Å².